The molecular weight excluding hydrogens is 362 g/mol. The summed E-state index contributed by atoms with van der Waals surface area (Å²) in [5.74, 6) is 0.922. The van der Waals surface area contributed by atoms with Gasteiger partial charge in [0.25, 0.3) is 5.91 Å². The molecule has 0 aliphatic heterocycles. The summed E-state index contributed by atoms with van der Waals surface area (Å²) in [6.45, 7) is 1.53. The minimum atomic E-state index is -0.933. The van der Waals surface area contributed by atoms with Gasteiger partial charge < -0.3 is 24.3 Å². The van der Waals surface area contributed by atoms with E-state index >= 15 is 0 Å². The maximum atomic E-state index is 12.3. The van der Waals surface area contributed by atoms with E-state index in [-0.39, 0.29) is 6.42 Å². The van der Waals surface area contributed by atoms with Crippen molar-refractivity contribution >= 4 is 17.6 Å². The Hall–Kier alpha value is -3.22. The molecule has 2 aromatic carbocycles. The molecule has 0 aromatic heterocycles. The van der Waals surface area contributed by atoms with Gasteiger partial charge in [0.15, 0.2) is 6.10 Å². The highest BCUT2D eigenvalue weighted by Gasteiger charge is 2.19. The lowest BCUT2D eigenvalue weighted by Gasteiger charge is -2.15. The molecule has 0 saturated carbocycles. The number of hydrogen-bond acceptors (Lipinski definition) is 6. The average molecular weight is 387 g/mol. The van der Waals surface area contributed by atoms with Gasteiger partial charge in [0, 0.05) is 12.5 Å². The van der Waals surface area contributed by atoms with Crippen molar-refractivity contribution in [1.82, 2.24) is 0 Å². The van der Waals surface area contributed by atoms with Gasteiger partial charge in [0.05, 0.1) is 27.0 Å². The third kappa shape index (κ3) is 5.90. The number of benzene rings is 2. The van der Waals surface area contributed by atoms with E-state index in [1.54, 1.807) is 44.6 Å². The van der Waals surface area contributed by atoms with Crippen LogP contribution >= 0.6 is 0 Å². The van der Waals surface area contributed by atoms with Crippen LogP contribution in [-0.2, 0) is 20.7 Å². The quantitative estimate of drug-likeness (QED) is 0.665. The topological polar surface area (TPSA) is 83.1 Å². The van der Waals surface area contributed by atoms with E-state index in [0.717, 1.165) is 5.56 Å². The lowest BCUT2D eigenvalue weighted by Crippen LogP contribution is -2.30. The molecule has 0 unspecified atom stereocenters. The van der Waals surface area contributed by atoms with Crippen LogP contribution in [0.25, 0.3) is 0 Å². The van der Waals surface area contributed by atoms with Gasteiger partial charge in [-0.2, -0.15) is 0 Å². The largest absolute Gasteiger partial charge is 0.497 e. The van der Waals surface area contributed by atoms with E-state index in [2.05, 4.69) is 5.32 Å². The summed E-state index contributed by atoms with van der Waals surface area (Å²) in [4.78, 5) is 24.4. The van der Waals surface area contributed by atoms with Crippen molar-refractivity contribution in [2.75, 3.05) is 26.6 Å². The van der Waals surface area contributed by atoms with Crippen molar-refractivity contribution in [3.05, 3.63) is 48.0 Å². The first kappa shape index (κ1) is 21.1. The molecule has 0 bridgehead atoms. The first-order valence-electron chi connectivity index (χ1n) is 8.82. The minimum Gasteiger partial charge on any atom is -0.497 e. The van der Waals surface area contributed by atoms with Gasteiger partial charge in [-0.05, 0) is 43.2 Å². The molecule has 0 radical (unpaired) electrons. The van der Waals surface area contributed by atoms with E-state index in [0.29, 0.717) is 29.4 Å². The van der Waals surface area contributed by atoms with Gasteiger partial charge in [-0.25, -0.2) is 0 Å². The first-order valence-corrected chi connectivity index (χ1v) is 8.82. The Labute approximate surface area is 164 Å². The minimum absolute atomic E-state index is 0.128. The van der Waals surface area contributed by atoms with Crippen molar-refractivity contribution in [3.63, 3.8) is 0 Å². The number of nitrogens with one attached hydrogen (secondary N) is 1. The zero-order chi connectivity index (χ0) is 20.5. The Morgan fingerprint density at radius 2 is 1.61 bits per heavy atom. The molecular formula is C21H25NO6. The number of esters is 1. The number of rotatable bonds is 9. The van der Waals surface area contributed by atoms with Gasteiger partial charge in [0.2, 0.25) is 0 Å². The van der Waals surface area contributed by atoms with Crippen LogP contribution in [0.1, 0.15) is 18.9 Å². The molecule has 1 N–H and O–H groups in total. The molecule has 0 spiro atoms. The smallest absolute Gasteiger partial charge is 0.306 e. The van der Waals surface area contributed by atoms with E-state index in [1.165, 1.54) is 14.0 Å². The van der Waals surface area contributed by atoms with Crippen LogP contribution in [0, 0.1) is 0 Å². The zero-order valence-electron chi connectivity index (χ0n) is 16.5. The van der Waals surface area contributed by atoms with Crippen LogP contribution in [-0.4, -0.2) is 39.3 Å². The fourth-order valence-electron chi connectivity index (χ4n) is 2.55. The Morgan fingerprint density at radius 3 is 2.21 bits per heavy atom. The Morgan fingerprint density at radius 1 is 0.964 bits per heavy atom. The van der Waals surface area contributed by atoms with Crippen LogP contribution in [0.2, 0.25) is 0 Å². The summed E-state index contributed by atoms with van der Waals surface area (Å²) >= 11 is 0. The van der Waals surface area contributed by atoms with Gasteiger partial charge in [-0.3, -0.25) is 9.59 Å². The summed E-state index contributed by atoms with van der Waals surface area (Å²) < 4.78 is 20.9. The summed E-state index contributed by atoms with van der Waals surface area (Å²) in [6, 6.07) is 12.4. The third-order valence-corrected chi connectivity index (χ3v) is 4.07. The standard InChI is InChI=1S/C21H25NO6/c1-14(21(24)22-18-7-5-6-8-19(18)27-4)28-20(23)10-9-15-11-16(25-2)13-17(12-15)26-3/h5-8,11-14H,9-10H2,1-4H3,(H,22,24)/t14-/m1/s1. The van der Waals surface area contributed by atoms with E-state index in [4.69, 9.17) is 18.9 Å². The molecule has 2 rings (SSSR count). The molecule has 1 atom stereocenters. The first-order chi connectivity index (χ1) is 13.5. The van der Waals surface area contributed by atoms with Gasteiger partial charge in [-0.15, -0.1) is 0 Å². The number of hydrogen-bond donors (Lipinski definition) is 1. The summed E-state index contributed by atoms with van der Waals surface area (Å²) in [7, 11) is 4.64. The average Bonchev–Trinajstić information content (AvgIpc) is 2.72. The molecule has 150 valence electrons. The lowest BCUT2D eigenvalue weighted by molar-refractivity contribution is -0.153. The number of amides is 1. The fraction of sp³-hybridized carbons (Fsp3) is 0.333. The van der Waals surface area contributed by atoms with E-state index in [9.17, 15) is 9.59 Å². The maximum Gasteiger partial charge on any atom is 0.306 e. The Bertz CT molecular complexity index is 798. The number of methoxy groups -OCH3 is 3. The van der Waals surface area contributed by atoms with E-state index in [1.807, 2.05) is 12.1 Å². The van der Waals surface area contributed by atoms with Crippen molar-refractivity contribution < 1.29 is 28.5 Å². The molecule has 28 heavy (non-hydrogen) atoms. The third-order valence-electron chi connectivity index (χ3n) is 4.07. The second kappa shape index (κ2) is 10.2. The van der Waals surface area contributed by atoms with E-state index < -0.39 is 18.0 Å². The van der Waals surface area contributed by atoms with Crippen molar-refractivity contribution in [1.29, 1.82) is 0 Å². The van der Waals surface area contributed by atoms with Crippen LogP contribution < -0.4 is 19.5 Å². The summed E-state index contributed by atoms with van der Waals surface area (Å²) in [5, 5.41) is 2.70. The van der Waals surface area contributed by atoms with Gasteiger partial charge in [0.1, 0.15) is 17.2 Å². The van der Waals surface area contributed by atoms with Crippen LogP contribution in [0.15, 0.2) is 42.5 Å². The highest BCUT2D eigenvalue weighted by Crippen LogP contribution is 2.24. The molecule has 0 aliphatic carbocycles. The molecule has 0 fully saturated rings. The van der Waals surface area contributed by atoms with Crippen molar-refractivity contribution in [2.45, 2.75) is 25.9 Å². The summed E-state index contributed by atoms with van der Waals surface area (Å²) in [6.07, 6.45) is -0.368. The SMILES string of the molecule is COc1cc(CCC(=O)O[C@H](C)C(=O)Nc2ccccc2OC)cc(OC)c1. The molecule has 0 aliphatic rings. The zero-order valence-corrected chi connectivity index (χ0v) is 16.5. The highest BCUT2D eigenvalue weighted by molar-refractivity contribution is 5.96. The maximum absolute atomic E-state index is 12.3. The number of para-hydroxylation sites is 2. The number of anilines is 1. The number of carbonyl (C=O) groups is 2. The molecule has 7 nitrogen and oxygen atoms in total. The molecule has 2 aromatic rings. The van der Waals surface area contributed by atoms with Gasteiger partial charge in [-0.1, -0.05) is 12.1 Å². The molecule has 7 heteroatoms. The highest BCUT2D eigenvalue weighted by atomic mass is 16.5. The second-order valence-electron chi connectivity index (χ2n) is 6.04. The van der Waals surface area contributed by atoms with Crippen LogP contribution in [0.5, 0.6) is 17.2 Å². The number of ether oxygens (including phenoxy) is 4. The van der Waals surface area contributed by atoms with Crippen molar-refractivity contribution in [2.24, 2.45) is 0 Å². The molecule has 0 heterocycles. The number of carbonyl (C=O) groups excluding carboxylic acids is 2. The monoisotopic (exact) mass is 387 g/mol. The summed E-state index contributed by atoms with van der Waals surface area (Å²) in [5.41, 5.74) is 1.39. The van der Waals surface area contributed by atoms with Crippen LogP contribution in [0.4, 0.5) is 5.69 Å². The van der Waals surface area contributed by atoms with Crippen LogP contribution in [0.3, 0.4) is 0 Å². The lowest BCUT2D eigenvalue weighted by atomic mass is 10.1. The Balaban J connectivity index is 1.89. The Kier molecular flexibility index (Phi) is 7.68. The molecule has 1 amide bonds. The van der Waals surface area contributed by atoms with Gasteiger partial charge >= 0.3 is 5.97 Å². The molecule has 0 saturated heterocycles. The fourth-order valence-corrected chi connectivity index (χ4v) is 2.55. The second-order valence-corrected chi connectivity index (χ2v) is 6.04. The van der Waals surface area contributed by atoms with Crippen molar-refractivity contribution in [3.8, 4) is 17.2 Å². The number of aryl methyl sites for hydroxylation is 1. The normalized spacial score (nSPS) is 11.3. The predicted molar refractivity (Wildman–Crippen MR) is 105 cm³/mol. The predicted octanol–water partition coefficient (Wildman–Crippen LogP) is 3.22.